The number of amides is 1. The van der Waals surface area contributed by atoms with E-state index in [9.17, 15) is 14.7 Å². The van der Waals surface area contributed by atoms with Crippen molar-refractivity contribution < 1.29 is 14.7 Å². The molecular formula is C20H25N3O3S. The van der Waals surface area contributed by atoms with Crippen molar-refractivity contribution in [2.45, 2.75) is 38.4 Å². The molecule has 3 rings (SSSR count). The van der Waals surface area contributed by atoms with Crippen LogP contribution in [0.5, 0.6) is 0 Å². The van der Waals surface area contributed by atoms with Crippen LogP contribution in [0, 0.1) is 6.92 Å². The molecule has 1 aliphatic heterocycles. The summed E-state index contributed by atoms with van der Waals surface area (Å²) in [5.41, 5.74) is 3.84. The molecule has 0 bridgehead atoms. The van der Waals surface area contributed by atoms with E-state index < -0.39 is 5.97 Å². The number of fused-ring (bicyclic) bond motifs is 1. The van der Waals surface area contributed by atoms with E-state index in [-0.39, 0.29) is 28.9 Å². The van der Waals surface area contributed by atoms with Gasteiger partial charge in [0.1, 0.15) is 12.4 Å². The monoisotopic (exact) mass is 387 g/mol. The topological polar surface area (TPSA) is 75.4 Å². The standard InChI is InChI=1S/C20H25N3O3S/c1-12-7-6-8-13(9-12)17-16-18(20(2,3)4)21-22(5)19(16)23(10-15(25)26)14(24)11-27-17/h6-9,17H,10-11H2,1-5H3,(H,25,26). The summed E-state index contributed by atoms with van der Waals surface area (Å²) in [5.74, 6) is -0.428. The first kappa shape index (κ1) is 19.5. The number of carboxylic acid groups (broad SMARTS) is 1. The molecule has 1 aromatic carbocycles. The predicted octanol–water partition coefficient (Wildman–Crippen LogP) is 3.28. The molecule has 1 aromatic heterocycles. The fourth-order valence-electron chi connectivity index (χ4n) is 3.48. The maximum absolute atomic E-state index is 12.8. The van der Waals surface area contributed by atoms with Crippen molar-refractivity contribution in [1.82, 2.24) is 9.78 Å². The van der Waals surface area contributed by atoms with Crippen molar-refractivity contribution in [3.8, 4) is 0 Å². The number of anilines is 1. The summed E-state index contributed by atoms with van der Waals surface area (Å²) in [6, 6.07) is 8.24. The van der Waals surface area contributed by atoms with Crippen LogP contribution in [0.2, 0.25) is 0 Å². The highest BCUT2D eigenvalue weighted by molar-refractivity contribution is 8.00. The second-order valence-corrected chi connectivity index (χ2v) is 9.03. The zero-order valence-electron chi connectivity index (χ0n) is 16.3. The molecule has 0 radical (unpaired) electrons. The largest absolute Gasteiger partial charge is 0.480 e. The Morgan fingerprint density at radius 3 is 2.67 bits per heavy atom. The Balaban J connectivity index is 2.28. The molecule has 0 saturated carbocycles. The molecule has 1 aliphatic rings. The van der Waals surface area contributed by atoms with E-state index in [0.717, 1.165) is 22.4 Å². The maximum Gasteiger partial charge on any atom is 0.323 e. The number of thioether (sulfide) groups is 1. The Hall–Kier alpha value is -2.28. The third-order valence-electron chi connectivity index (χ3n) is 4.59. The molecule has 1 unspecified atom stereocenters. The molecule has 7 heteroatoms. The number of carbonyl (C=O) groups is 2. The SMILES string of the molecule is Cc1cccc(C2SCC(=O)N(CC(=O)O)c3c2c(C(C)(C)C)nn3C)c1. The van der Waals surface area contributed by atoms with Crippen LogP contribution in [0.4, 0.5) is 5.82 Å². The second kappa shape index (κ2) is 7.03. The van der Waals surface area contributed by atoms with Crippen LogP contribution >= 0.6 is 11.8 Å². The second-order valence-electron chi connectivity index (χ2n) is 7.94. The van der Waals surface area contributed by atoms with Crippen molar-refractivity contribution in [1.29, 1.82) is 0 Å². The molecular weight excluding hydrogens is 362 g/mol. The first-order valence-corrected chi connectivity index (χ1v) is 9.92. The van der Waals surface area contributed by atoms with Crippen molar-refractivity contribution in [2.24, 2.45) is 7.05 Å². The average Bonchev–Trinajstić information content (AvgIpc) is 2.83. The van der Waals surface area contributed by atoms with Crippen LogP contribution in [0.3, 0.4) is 0 Å². The first-order valence-electron chi connectivity index (χ1n) is 8.87. The molecule has 0 fully saturated rings. The molecule has 144 valence electrons. The van der Waals surface area contributed by atoms with E-state index in [4.69, 9.17) is 5.10 Å². The van der Waals surface area contributed by atoms with E-state index in [1.807, 2.05) is 19.1 Å². The lowest BCUT2D eigenvalue weighted by molar-refractivity contribution is -0.136. The van der Waals surface area contributed by atoms with Gasteiger partial charge in [0.05, 0.1) is 16.7 Å². The number of carboxylic acids is 1. The Kier molecular flexibility index (Phi) is 5.08. The highest BCUT2D eigenvalue weighted by Crippen LogP contribution is 2.47. The number of aryl methyl sites for hydroxylation is 2. The minimum absolute atomic E-state index is 0.0782. The molecule has 1 amide bonds. The van der Waals surface area contributed by atoms with Gasteiger partial charge in [0.2, 0.25) is 5.91 Å². The lowest BCUT2D eigenvalue weighted by Gasteiger charge is -2.23. The van der Waals surface area contributed by atoms with E-state index >= 15 is 0 Å². The normalized spacial score (nSPS) is 17.6. The zero-order chi connectivity index (χ0) is 19.9. The van der Waals surface area contributed by atoms with Crippen LogP contribution in [0.1, 0.15) is 48.4 Å². The molecule has 2 aromatic rings. The van der Waals surface area contributed by atoms with E-state index in [1.54, 1.807) is 11.7 Å². The molecule has 6 nitrogen and oxygen atoms in total. The summed E-state index contributed by atoms with van der Waals surface area (Å²) in [6.07, 6.45) is 0. The first-order chi connectivity index (χ1) is 12.6. The molecule has 2 heterocycles. The molecule has 1 atom stereocenters. The Morgan fingerprint density at radius 1 is 1.37 bits per heavy atom. The van der Waals surface area contributed by atoms with Gasteiger partial charge in [-0.2, -0.15) is 5.10 Å². The van der Waals surface area contributed by atoms with Crippen LogP contribution in [0.15, 0.2) is 24.3 Å². The van der Waals surface area contributed by atoms with Crippen molar-refractivity contribution in [3.63, 3.8) is 0 Å². The van der Waals surface area contributed by atoms with Crippen LogP contribution in [0.25, 0.3) is 0 Å². The number of nitrogens with zero attached hydrogens (tertiary/aromatic N) is 3. The number of carbonyl (C=O) groups excluding carboxylic acids is 1. The van der Waals surface area contributed by atoms with Crippen LogP contribution in [-0.4, -0.2) is 39.1 Å². The van der Waals surface area contributed by atoms with Crippen molar-refractivity contribution in [3.05, 3.63) is 46.6 Å². The van der Waals surface area contributed by atoms with Gasteiger partial charge in [0.15, 0.2) is 0 Å². The van der Waals surface area contributed by atoms with Gasteiger partial charge in [0.25, 0.3) is 0 Å². The fraction of sp³-hybridized carbons (Fsp3) is 0.450. The summed E-state index contributed by atoms with van der Waals surface area (Å²) >= 11 is 1.53. The Labute approximate surface area is 163 Å². The minimum atomic E-state index is -1.04. The number of aliphatic carboxylic acids is 1. The van der Waals surface area contributed by atoms with Crippen molar-refractivity contribution >= 4 is 29.5 Å². The van der Waals surface area contributed by atoms with Crippen LogP contribution in [-0.2, 0) is 22.1 Å². The molecule has 0 spiro atoms. The van der Waals surface area contributed by atoms with Gasteiger partial charge in [-0.3, -0.25) is 19.2 Å². The maximum atomic E-state index is 12.8. The van der Waals surface area contributed by atoms with Gasteiger partial charge in [0, 0.05) is 18.0 Å². The minimum Gasteiger partial charge on any atom is -0.480 e. The third kappa shape index (κ3) is 3.74. The smallest absolute Gasteiger partial charge is 0.323 e. The number of rotatable bonds is 3. The Bertz CT molecular complexity index is 898. The Morgan fingerprint density at radius 2 is 2.07 bits per heavy atom. The zero-order valence-corrected chi connectivity index (χ0v) is 17.1. The number of aromatic nitrogens is 2. The molecule has 27 heavy (non-hydrogen) atoms. The van der Waals surface area contributed by atoms with E-state index in [1.165, 1.54) is 16.7 Å². The highest BCUT2D eigenvalue weighted by Gasteiger charge is 2.38. The molecule has 0 aliphatic carbocycles. The van der Waals surface area contributed by atoms with Gasteiger partial charge in [-0.05, 0) is 12.5 Å². The van der Waals surface area contributed by atoms with Gasteiger partial charge in [-0.25, -0.2) is 0 Å². The molecule has 0 saturated heterocycles. The number of hydrogen-bond acceptors (Lipinski definition) is 4. The number of benzene rings is 1. The van der Waals surface area contributed by atoms with Crippen LogP contribution < -0.4 is 4.90 Å². The number of hydrogen-bond donors (Lipinski definition) is 1. The summed E-state index contributed by atoms with van der Waals surface area (Å²) < 4.78 is 1.66. The lowest BCUT2D eigenvalue weighted by Crippen LogP contribution is -2.37. The van der Waals surface area contributed by atoms with Gasteiger partial charge in [-0.15, -0.1) is 11.8 Å². The summed E-state index contributed by atoms with van der Waals surface area (Å²) in [4.78, 5) is 25.5. The van der Waals surface area contributed by atoms with Gasteiger partial charge >= 0.3 is 5.97 Å². The fourth-order valence-corrected chi connectivity index (χ4v) is 4.66. The summed E-state index contributed by atoms with van der Waals surface area (Å²) in [7, 11) is 1.78. The van der Waals surface area contributed by atoms with Crippen molar-refractivity contribution in [2.75, 3.05) is 17.2 Å². The summed E-state index contributed by atoms with van der Waals surface area (Å²) in [6.45, 7) is 7.93. The molecule has 1 N–H and O–H groups in total. The van der Waals surface area contributed by atoms with E-state index in [0.29, 0.717) is 5.82 Å². The predicted molar refractivity (Wildman–Crippen MR) is 107 cm³/mol. The summed E-state index contributed by atoms with van der Waals surface area (Å²) in [5, 5.41) is 14.0. The quantitative estimate of drug-likeness (QED) is 0.875. The highest BCUT2D eigenvalue weighted by atomic mass is 32.2. The van der Waals surface area contributed by atoms with E-state index in [2.05, 4.69) is 32.9 Å². The third-order valence-corrected chi connectivity index (χ3v) is 5.85. The average molecular weight is 388 g/mol. The lowest BCUT2D eigenvalue weighted by atomic mass is 9.87. The van der Waals surface area contributed by atoms with Gasteiger partial charge < -0.3 is 5.11 Å². The van der Waals surface area contributed by atoms with Gasteiger partial charge in [-0.1, -0.05) is 50.6 Å².